The predicted molar refractivity (Wildman–Crippen MR) is 164 cm³/mol. The number of amides is 4. The normalized spacial score (nSPS) is 14.8. The Hall–Kier alpha value is -5.55. The zero-order valence-corrected chi connectivity index (χ0v) is 23.7. The van der Waals surface area contributed by atoms with E-state index < -0.39 is 40.7 Å². The van der Waals surface area contributed by atoms with Crippen molar-refractivity contribution in [2.75, 3.05) is 10.2 Å². The first-order valence-corrected chi connectivity index (χ1v) is 14.2. The molecule has 1 fully saturated rings. The number of anilines is 2. The molecular weight excluding hydrogens is 585 g/mol. The van der Waals surface area contributed by atoms with E-state index in [4.69, 9.17) is 5.11 Å². The van der Waals surface area contributed by atoms with Gasteiger partial charge in [0.2, 0.25) is 11.8 Å². The number of nitrogens with one attached hydrogen (secondary N) is 2. The summed E-state index contributed by atoms with van der Waals surface area (Å²) >= 11 is 1.15. The van der Waals surface area contributed by atoms with Crippen LogP contribution in [-0.2, 0) is 14.4 Å². The molecule has 1 aliphatic heterocycles. The van der Waals surface area contributed by atoms with Crippen molar-refractivity contribution in [2.45, 2.75) is 16.6 Å². The lowest BCUT2D eigenvalue weighted by Gasteiger charge is -2.15. The average molecular weight is 610 g/mol. The molecule has 0 radical (unpaired) electrons. The second kappa shape index (κ2) is 13.2. The van der Waals surface area contributed by atoms with Crippen molar-refractivity contribution in [1.82, 2.24) is 5.32 Å². The molecule has 1 saturated heterocycles. The van der Waals surface area contributed by atoms with Gasteiger partial charge in [-0.2, -0.15) is 0 Å². The smallest absolute Gasteiger partial charge is 0.335 e. The molecule has 0 saturated carbocycles. The van der Waals surface area contributed by atoms with Crippen molar-refractivity contribution >= 4 is 58.8 Å². The number of carbonyl (C=O) groups is 5. The molecule has 1 aliphatic rings. The summed E-state index contributed by atoms with van der Waals surface area (Å²) in [6.45, 7) is 0. The van der Waals surface area contributed by atoms with Gasteiger partial charge < -0.3 is 15.7 Å². The van der Waals surface area contributed by atoms with Gasteiger partial charge in [0.05, 0.1) is 16.5 Å². The monoisotopic (exact) mass is 609 g/mol. The van der Waals surface area contributed by atoms with Gasteiger partial charge >= 0.3 is 5.97 Å². The summed E-state index contributed by atoms with van der Waals surface area (Å²) in [7, 11) is 0. The molecule has 9 nitrogen and oxygen atoms in total. The van der Waals surface area contributed by atoms with Crippen molar-refractivity contribution in [3.05, 3.63) is 131 Å². The van der Waals surface area contributed by atoms with E-state index in [2.05, 4.69) is 10.6 Å². The largest absolute Gasteiger partial charge is 0.478 e. The number of carboxylic acid groups (broad SMARTS) is 1. The van der Waals surface area contributed by atoms with Crippen LogP contribution in [0.2, 0.25) is 0 Å². The van der Waals surface area contributed by atoms with Gasteiger partial charge in [-0.15, -0.1) is 11.8 Å². The molecule has 220 valence electrons. The van der Waals surface area contributed by atoms with Crippen LogP contribution in [0.3, 0.4) is 0 Å². The Morgan fingerprint density at radius 1 is 0.864 bits per heavy atom. The summed E-state index contributed by atoms with van der Waals surface area (Å²) < 4.78 is 13.8. The minimum Gasteiger partial charge on any atom is -0.478 e. The van der Waals surface area contributed by atoms with Crippen molar-refractivity contribution < 1.29 is 33.5 Å². The number of halogens is 1. The Labute approximate surface area is 255 Å². The molecule has 3 N–H and O–H groups in total. The Morgan fingerprint density at radius 3 is 2.30 bits per heavy atom. The van der Waals surface area contributed by atoms with Crippen LogP contribution in [0.15, 0.2) is 114 Å². The first-order chi connectivity index (χ1) is 21.2. The van der Waals surface area contributed by atoms with Crippen LogP contribution in [0, 0.1) is 5.82 Å². The molecule has 0 bridgehead atoms. The summed E-state index contributed by atoms with van der Waals surface area (Å²) in [6.07, 6.45) is 1.30. The Bertz CT molecular complexity index is 1790. The van der Waals surface area contributed by atoms with Crippen LogP contribution in [0.1, 0.15) is 32.7 Å². The quantitative estimate of drug-likeness (QED) is 0.172. The van der Waals surface area contributed by atoms with Crippen LogP contribution < -0.4 is 15.5 Å². The lowest BCUT2D eigenvalue weighted by Crippen LogP contribution is -2.31. The van der Waals surface area contributed by atoms with Crippen LogP contribution in [0.5, 0.6) is 0 Å². The lowest BCUT2D eigenvalue weighted by atomic mass is 10.1. The highest BCUT2D eigenvalue weighted by Gasteiger charge is 2.40. The molecule has 4 amide bonds. The fourth-order valence-corrected chi connectivity index (χ4v) is 5.55. The number of carboxylic acids is 1. The Kier molecular flexibility index (Phi) is 8.96. The number of hydrogen-bond acceptors (Lipinski definition) is 6. The third-order valence-corrected chi connectivity index (χ3v) is 7.72. The van der Waals surface area contributed by atoms with Gasteiger partial charge in [-0.1, -0.05) is 36.4 Å². The molecular formula is C33H24FN3O6S. The summed E-state index contributed by atoms with van der Waals surface area (Å²) in [5, 5.41) is 13.7. The summed E-state index contributed by atoms with van der Waals surface area (Å²) in [6, 6.07) is 26.0. The maximum atomic E-state index is 13.8. The van der Waals surface area contributed by atoms with E-state index in [1.165, 1.54) is 48.5 Å². The van der Waals surface area contributed by atoms with Crippen LogP contribution >= 0.6 is 11.8 Å². The molecule has 1 atom stereocenters. The highest BCUT2D eigenvalue weighted by molar-refractivity contribution is 8.00. The first-order valence-electron chi connectivity index (χ1n) is 13.3. The van der Waals surface area contributed by atoms with Crippen molar-refractivity contribution in [3.63, 3.8) is 0 Å². The molecule has 11 heteroatoms. The number of nitrogens with zero attached hydrogens (tertiary/aromatic N) is 1. The van der Waals surface area contributed by atoms with Crippen molar-refractivity contribution in [3.8, 4) is 0 Å². The minimum atomic E-state index is -1.12. The van der Waals surface area contributed by atoms with E-state index in [1.54, 1.807) is 60.7 Å². The van der Waals surface area contributed by atoms with Crippen LogP contribution in [0.4, 0.5) is 15.8 Å². The molecule has 0 spiro atoms. The summed E-state index contributed by atoms with van der Waals surface area (Å²) in [5.74, 6) is -3.68. The molecule has 5 rings (SSSR count). The third-order valence-electron chi connectivity index (χ3n) is 6.54. The number of benzene rings is 4. The third kappa shape index (κ3) is 7.08. The molecule has 0 unspecified atom stereocenters. The molecule has 0 aromatic heterocycles. The molecule has 4 aromatic rings. The molecule has 4 aromatic carbocycles. The highest BCUT2D eigenvalue weighted by Crippen LogP contribution is 2.35. The zero-order valence-electron chi connectivity index (χ0n) is 22.9. The second-order valence-corrected chi connectivity index (χ2v) is 10.9. The van der Waals surface area contributed by atoms with Crippen molar-refractivity contribution in [2.24, 2.45) is 0 Å². The first kappa shape index (κ1) is 29.9. The number of hydrogen-bond donors (Lipinski definition) is 3. The van der Waals surface area contributed by atoms with E-state index in [1.807, 2.05) is 0 Å². The standard InChI is InChI=1S/C33H24FN3O6S/c34-23-9-4-6-20(16-23)17-27(36-30(39)21-7-2-1-3-8-21)31(40)35-24-10-5-11-26(18-24)44-28-19-29(38)37(32(28)41)25-14-12-22(13-15-25)33(42)43/h1-18,28H,19H2,(H,35,40)(H,36,39)(H,42,43)/b27-17+/t28-/m0/s1. The van der Waals surface area contributed by atoms with Crippen molar-refractivity contribution in [1.29, 1.82) is 0 Å². The molecule has 1 heterocycles. The van der Waals surface area contributed by atoms with E-state index in [0.717, 1.165) is 16.7 Å². The SMILES string of the molecule is O=C(Nc1cccc(S[C@H]2CC(=O)N(c3ccc(C(=O)O)cc3)C2=O)c1)/C(=C\c1cccc(F)c1)NC(=O)c1ccccc1. The number of carbonyl (C=O) groups excluding carboxylic acids is 4. The van der Waals surface area contributed by atoms with E-state index in [-0.39, 0.29) is 23.4 Å². The maximum absolute atomic E-state index is 13.8. The van der Waals surface area contributed by atoms with E-state index >= 15 is 0 Å². The molecule has 44 heavy (non-hydrogen) atoms. The van der Waals surface area contributed by atoms with E-state index in [9.17, 15) is 28.4 Å². The van der Waals surface area contributed by atoms with Gasteiger partial charge in [-0.25, -0.2) is 14.1 Å². The van der Waals surface area contributed by atoms with Crippen LogP contribution in [0.25, 0.3) is 6.08 Å². The molecule has 0 aliphatic carbocycles. The fraction of sp³-hybridized carbons (Fsp3) is 0.0606. The van der Waals surface area contributed by atoms with Crippen LogP contribution in [-0.4, -0.2) is 40.0 Å². The fourth-order valence-electron chi connectivity index (χ4n) is 4.44. The van der Waals surface area contributed by atoms with Gasteiger partial charge in [0.25, 0.3) is 11.8 Å². The zero-order chi connectivity index (χ0) is 31.2. The van der Waals surface area contributed by atoms with Gasteiger partial charge in [0, 0.05) is 22.6 Å². The Morgan fingerprint density at radius 2 is 1.59 bits per heavy atom. The predicted octanol–water partition coefficient (Wildman–Crippen LogP) is 5.36. The number of imide groups is 1. The average Bonchev–Trinajstić information content (AvgIpc) is 3.29. The maximum Gasteiger partial charge on any atom is 0.335 e. The topological polar surface area (TPSA) is 133 Å². The van der Waals surface area contributed by atoms with Gasteiger partial charge in [-0.05, 0) is 78.4 Å². The second-order valence-electron chi connectivity index (χ2n) is 9.65. The van der Waals surface area contributed by atoms with Gasteiger partial charge in [0.1, 0.15) is 11.5 Å². The highest BCUT2D eigenvalue weighted by atomic mass is 32.2. The number of thioether (sulfide) groups is 1. The number of aromatic carboxylic acids is 1. The summed E-state index contributed by atoms with van der Waals surface area (Å²) in [4.78, 5) is 64.8. The summed E-state index contributed by atoms with van der Waals surface area (Å²) in [5.41, 5.74) is 1.24. The van der Waals surface area contributed by atoms with Gasteiger partial charge in [0.15, 0.2) is 0 Å². The Balaban J connectivity index is 1.31. The van der Waals surface area contributed by atoms with Gasteiger partial charge in [-0.3, -0.25) is 19.2 Å². The lowest BCUT2D eigenvalue weighted by molar-refractivity contribution is -0.121. The van der Waals surface area contributed by atoms with E-state index in [0.29, 0.717) is 21.7 Å². The number of rotatable bonds is 9. The minimum absolute atomic E-state index is 0.0335.